The van der Waals surface area contributed by atoms with Gasteiger partial charge in [-0.3, -0.25) is 0 Å². The van der Waals surface area contributed by atoms with E-state index in [1.807, 2.05) is 6.92 Å². The van der Waals surface area contributed by atoms with Crippen LogP contribution in [0.3, 0.4) is 0 Å². The van der Waals surface area contributed by atoms with Crippen LogP contribution in [-0.4, -0.2) is 16.0 Å². The molecule has 0 aromatic carbocycles. The second kappa shape index (κ2) is 6.08. The lowest BCUT2D eigenvalue weighted by Gasteiger charge is -2.24. The number of aromatic nitrogens is 2. The molecule has 1 aromatic rings. The molecule has 19 heavy (non-hydrogen) atoms. The zero-order valence-corrected chi connectivity index (χ0v) is 13.9. The van der Waals surface area contributed by atoms with Crippen molar-refractivity contribution in [2.45, 2.75) is 66.3 Å². The van der Waals surface area contributed by atoms with Crippen LogP contribution in [0.1, 0.15) is 59.4 Å². The lowest BCUT2D eigenvalue weighted by atomic mass is 9.95. The highest BCUT2D eigenvalue weighted by molar-refractivity contribution is 6.30. The molecule has 0 saturated heterocycles. The van der Waals surface area contributed by atoms with Gasteiger partial charge in [0, 0.05) is 17.0 Å². The van der Waals surface area contributed by atoms with Crippen LogP contribution in [0.5, 0.6) is 0 Å². The van der Waals surface area contributed by atoms with Crippen LogP contribution in [0.15, 0.2) is 0 Å². The van der Waals surface area contributed by atoms with Crippen molar-refractivity contribution in [1.82, 2.24) is 9.97 Å². The molecule has 4 heteroatoms. The Morgan fingerprint density at radius 2 is 1.79 bits per heavy atom. The molecule has 0 radical (unpaired) electrons. The summed E-state index contributed by atoms with van der Waals surface area (Å²) in [4.78, 5) is 9.06. The average Bonchev–Trinajstić information content (AvgIpc) is 2.28. The van der Waals surface area contributed by atoms with Crippen LogP contribution >= 0.6 is 11.6 Å². The molecule has 0 aliphatic rings. The zero-order chi connectivity index (χ0) is 14.8. The molecule has 1 heterocycles. The van der Waals surface area contributed by atoms with E-state index < -0.39 is 0 Å². The third kappa shape index (κ3) is 4.07. The van der Waals surface area contributed by atoms with Crippen LogP contribution in [0, 0.1) is 12.8 Å². The van der Waals surface area contributed by atoms with E-state index in [4.69, 9.17) is 11.6 Å². The lowest BCUT2D eigenvalue weighted by Crippen LogP contribution is -2.27. The molecule has 0 spiro atoms. The average molecular weight is 284 g/mol. The van der Waals surface area contributed by atoms with Crippen molar-refractivity contribution in [3.05, 3.63) is 16.5 Å². The van der Waals surface area contributed by atoms with Crippen molar-refractivity contribution in [1.29, 1.82) is 0 Å². The van der Waals surface area contributed by atoms with Gasteiger partial charge in [-0.1, -0.05) is 53.1 Å². The van der Waals surface area contributed by atoms with Crippen molar-refractivity contribution in [2.24, 2.45) is 5.92 Å². The van der Waals surface area contributed by atoms with Crippen molar-refractivity contribution in [3.63, 3.8) is 0 Å². The minimum Gasteiger partial charge on any atom is -0.367 e. The largest absolute Gasteiger partial charge is 0.367 e. The molecule has 0 saturated carbocycles. The highest BCUT2D eigenvalue weighted by Gasteiger charge is 2.22. The Balaban J connectivity index is 3.16. The molecule has 1 unspecified atom stereocenters. The number of nitrogens with one attached hydrogen (secondary N) is 1. The van der Waals surface area contributed by atoms with Gasteiger partial charge < -0.3 is 5.32 Å². The first-order valence-corrected chi connectivity index (χ1v) is 7.35. The van der Waals surface area contributed by atoms with E-state index in [1.165, 1.54) is 0 Å². The van der Waals surface area contributed by atoms with E-state index in [0.29, 0.717) is 17.1 Å². The Bertz CT molecular complexity index is 436. The first kappa shape index (κ1) is 16.2. The van der Waals surface area contributed by atoms with Crippen LogP contribution in [0.2, 0.25) is 5.15 Å². The molecular formula is C15H26ClN3. The summed E-state index contributed by atoms with van der Waals surface area (Å²) in [5.41, 5.74) is 0.821. The van der Waals surface area contributed by atoms with E-state index >= 15 is 0 Å². The van der Waals surface area contributed by atoms with Gasteiger partial charge in [0.25, 0.3) is 0 Å². The van der Waals surface area contributed by atoms with Gasteiger partial charge in [-0.2, -0.15) is 0 Å². The number of hydrogen-bond donors (Lipinski definition) is 1. The molecule has 3 nitrogen and oxygen atoms in total. The predicted molar refractivity (Wildman–Crippen MR) is 83.0 cm³/mol. The van der Waals surface area contributed by atoms with E-state index in [9.17, 15) is 0 Å². The minimum absolute atomic E-state index is 0.104. The molecule has 1 aromatic heterocycles. The molecule has 1 rings (SSSR count). The van der Waals surface area contributed by atoms with E-state index in [1.54, 1.807) is 0 Å². The number of halogens is 1. The molecule has 0 aliphatic heterocycles. The van der Waals surface area contributed by atoms with Crippen molar-refractivity contribution >= 4 is 17.4 Å². The van der Waals surface area contributed by atoms with E-state index in [-0.39, 0.29) is 5.41 Å². The summed E-state index contributed by atoms with van der Waals surface area (Å²) >= 11 is 6.24. The highest BCUT2D eigenvalue weighted by atomic mass is 35.5. The van der Waals surface area contributed by atoms with Crippen LogP contribution < -0.4 is 5.32 Å². The predicted octanol–water partition coefficient (Wildman–Crippen LogP) is 4.58. The molecule has 1 N–H and O–H groups in total. The monoisotopic (exact) mass is 283 g/mol. The maximum atomic E-state index is 6.24. The van der Waals surface area contributed by atoms with Gasteiger partial charge in [-0.25, -0.2) is 9.97 Å². The normalized spacial score (nSPS) is 13.7. The summed E-state index contributed by atoms with van der Waals surface area (Å²) in [6.45, 7) is 14.9. The Morgan fingerprint density at radius 3 is 2.21 bits per heavy atom. The molecule has 108 valence electrons. The summed E-state index contributed by atoms with van der Waals surface area (Å²) in [7, 11) is 0. The maximum absolute atomic E-state index is 6.24. The lowest BCUT2D eigenvalue weighted by molar-refractivity contribution is 0.505. The Morgan fingerprint density at radius 1 is 1.21 bits per heavy atom. The van der Waals surface area contributed by atoms with Gasteiger partial charge in [0.2, 0.25) is 0 Å². The Labute approximate surface area is 122 Å². The van der Waals surface area contributed by atoms with Crippen molar-refractivity contribution in [2.75, 3.05) is 5.32 Å². The topological polar surface area (TPSA) is 37.8 Å². The third-order valence-electron chi connectivity index (χ3n) is 3.32. The zero-order valence-electron chi connectivity index (χ0n) is 13.1. The minimum atomic E-state index is -0.104. The van der Waals surface area contributed by atoms with Gasteiger partial charge in [-0.05, 0) is 19.3 Å². The van der Waals surface area contributed by atoms with Crippen molar-refractivity contribution in [3.8, 4) is 0 Å². The SMILES string of the molecule is CCC(Nc1nc(C(C)(C)C)nc(Cl)c1C)C(C)C. The third-order valence-corrected chi connectivity index (χ3v) is 3.69. The van der Waals surface area contributed by atoms with E-state index in [2.05, 4.69) is 56.8 Å². The second-order valence-electron chi connectivity index (χ2n) is 6.46. The molecule has 0 bridgehead atoms. The van der Waals surface area contributed by atoms with Crippen LogP contribution in [0.4, 0.5) is 5.82 Å². The van der Waals surface area contributed by atoms with Gasteiger partial charge in [-0.15, -0.1) is 0 Å². The van der Waals surface area contributed by atoms with Gasteiger partial charge >= 0.3 is 0 Å². The Kier molecular flexibility index (Phi) is 5.19. The fraction of sp³-hybridized carbons (Fsp3) is 0.733. The summed E-state index contributed by atoms with van der Waals surface area (Å²) in [5.74, 6) is 2.20. The summed E-state index contributed by atoms with van der Waals surface area (Å²) in [6, 6.07) is 0.400. The quantitative estimate of drug-likeness (QED) is 0.822. The Hall–Kier alpha value is -0.830. The summed E-state index contributed by atoms with van der Waals surface area (Å²) < 4.78 is 0. The second-order valence-corrected chi connectivity index (χ2v) is 6.82. The number of nitrogens with zero attached hydrogens (tertiary/aromatic N) is 2. The first-order chi connectivity index (χ1) is 8.66. The number of anilines is 1. The van der Waals surface area contributed by atoms with Gasteiger partial charge in [0.05, 0.1) is 0 Å². The maximum Gasteiger partial charge on any atom is 0.137 e. The van der Waals surface area contributed by atoms with Gasteiger partial charge in [0.1, 0.15) is 16.8 Å². The molecular weight excluding hydrogens is 258 g/mol. The van der Waals surface area contributed by atoms with Crippen LogP contribution in [-0.2, 0) is 5.41 Å². The fourth-order valence-electron chi connectivity index (χ4n) is 1.88. The number of rotatable bonds is 4. The highest BCUT2D eigenvalue weighted by Crippen LogP contribution is 2.27. The fourth-order valence-corrected chi connectivity index (χ4v) is 2.05. The van der Waals surface area contributed by atoms with Gasteiger partial charge in [0.15, 0.2) is 0 Å². The standard InChI is InChI=1S/C15H26ClN3/c1-8-11(9(2)3)17-13-10(4)12(16)18-14(19-13)15(5,6)7/h9,11H,8H2,1-7H3,(H,17,18,19). The first-order valence-electron chi connectivity index (χ1n) is 6.98. The molecule has 0 amide bonds. The molecule has 1 atom stereocenters. The van der Waals surface area contributed by atoms with Crippen LogP contribution in [0.25, 0.3) is 0 Å². The molecule has 0 aliphatic carbocycles. The van der Waals surface area contributed by atoms with Crippen molar-refractivity contribution < 1.29 is 0 Å². The molecule has 0 fully saturated rings. The number of hydrogen-bond acceptors (Lipinski definition) is 3. The summed E-state index contributed by atoms with van der Waals surface area (Å²) in [6.07, 6.45) is 1.06. The van der Waals surface area contributed by atoms with E-state index in [0.717, 1.165) is 23.6 Å². The summed E-state index contributed by atoms with van der Waals surface area (Å²) in [5, 5.41) is 4.06. The smallest absolute Gasteiger partial charge is 0.137 e.